The summed E-state index contributed by atoms with van der Waals surface area (Å²) >= 11 is 6.41. The molecule has 3 nitrogen and oxygen atoms in total. The molecule has 0 aliphatic carbocycles. The van der Waals surface area contributed by atoms with Crippen LogP contribution in [0.25, 0.3) is 5.69 Å². The monoisotopic (exact) mass is 365 g/mol. The predicted molar refractivity (Wildman–Crippen MR) is 109 cm³/mol. The Kier molecular flexibility index (Phi) is 4.73. The van der Waals surface area contributed by atoms with Gasteiger partial charge in [-0.3, -0.25) is 0 Å². The molecule has 4 rings (SSSR count). The first-order valence-electron chi connectivity index (χ1n) is 9.29. The molecule has 1 aliphatic rings. The summed E-state index contributed by atoms with van der Waals surface area (Å²) in [5, 5.41) is 9.46. The summed E-state index contributed by atoms with van der Waals surface area (Å²) < 4.78 is 2.10. The summed E-state index contributed by atoms with van der Waals surface area (Å²) in [4.78, 5) is 0. The number of aromatic nitrogens is 2. The molecule has 2 aromatic carbocycles. The molecule has 0 saturated heterocycles. The van der Waals surface area contributed by atoms with Gasteiger partial charge in [0.15, 0.2) is 0 Å². The lowest BCUT2D eigenvalue weighted by molar-refractivity contribution is 0.767. The quantitative estimate of drug-likeness (QED) is 0.665. The van der Waals surface area contributed by atoms with Crippen LogP contribution in [-0.4, -0.2) is 16.3 Å². The van der Waals surface area contributed by atoms with Gasteiger partial charge in [-0.1, -0.05) is 47.5 Å². The zero-order valence-electron chi connectivity index (χ0n) is 15.3. The van der Waals surface area contributed by atoms with E-state index in [2.05, 4.69) is 48.1 Å². The summed E-state index contributed by atoms with van der Waals surface area (Å²) in [6, 6.07) is 14.6. The number of nitrogens with one attached hydrogen (secondary N) is 1. The van der Waals surface area contributed by atoms with E-state index in [9.17, 15) is 0 Å². The van der Waals surface area contributed by atoms with E-state index in [4.69, 9.17) is 16.7 Å². The molecule has 2 heterocycles. The van der Waals surface area contributed by atoms with E-state index in [1.807, 2.05) is 18.2 Å². The van der Waals surface area contributed by atoms with Gasteiger partial charge in [0.2, 0.25) is 0 Å². The van der Waals surface area contributed by atoms with Crippen LogP contribution < -0.4 is 5.32 Å². The highest BCUT2D eigenvalue weighted by molar-refractivity contribution is 6.31. The Morgan fingerprint density at radius 1 is 1.12 bits per heavy atom. The lowest BCUT2D eigenvalue weighted by Crippen LogP contribution is -2.08. The molecule has 0 unspecified atom stereocenters. The third-order valence-corrected chi connectivity index (χ3v) is 5.48. The Hall–Kier alpha value is -2.26. The van der Waals surface area contributed by atoms with Gasteiger partial charge in [-0.05, 0) is 56.4 Å². The summed E-state index contributed by atoms with van der Waals surface area (Å²) in [5.41, 5.74) is 7.25. The van der Waals surface area contributed by atoms with Gasteiger partial charge in [-0.25, -0.2) is 4.68 Å². The largest absolute Gasteiger partial charge is 0.370 e. The molecule has 3 aromatic rings. The maximum atomic E-state index is 6.41. The maximum absolute atomic E-state index is 6.41. The van der Waals surface area contributed by atoms with Crippen LogP contribution in [0.1, 0.15) is 40.8 Å². The molecule has 0 spiro atoms. The van der Waals surface area contributed by atoms with Gasteiger partial charge < -0.3 is 5.32 Å². The Labute approximate surface area is 160 Å². The van der Waals surface area contributed by atoms with Crippen molar-refractivity contribution in [3.05, 3.63) is 75.4 Å². The second kappa shape index (κ2) is 7.16. The summed E-state index contributed by atoms with van der Waals surface area (Å²) in [5.74, 6) is 1.15. The van der Waals surface area contributed by atoms with Crippen LogP contribution in [0.3, 0.4) is 0 Å². The van der Waals surface area contributed by atoms with Crippen molar-refractivity contribution in [3.8, 4) is 5.69 Å². The second-order valence-electron chi connectivity index (χ2n) is 7.13. The average Bonchev–Trinajstić information content (AvgIpc) is 2.80. The fraction of sp³-hybridized carbons (Fsp3) is 0.318. The number of hydrogen-bond acceptors (Lipinski definition) is 2. The van der Waals surface area contributed by atoms with E-state index >= 15 is 0 Å². The number of nitrogens with zero attached hydrogens (tertiary/aromatic N) is 2. The van der Waals surface area contributed by atoms with Crippen molar-refractivity contribution in [2.45, 2.75) is 39.5 Å². The molecule has 1 aliphatic heterocycles. The van der Waals surface area contributed by atoms with Crippen molar-refractivity contribution in [2.24, 2.45) is 0 Å². The highest BCUT2D eigenvalue weighted by Gasteiger charge is 2.22. The molecule has 1 N–H and O–H groups in total. The van der Waals surface area contributed by atoms with Crippen molar-refractivity contribution in [2.75, 3.05) is 11.9 Å². The van der Waals surface area contributed by atoms with Crippen LogP contribution in [0.15, 0.2) is 42.5 Å². The fourth-order valence-electron chi connectivity index (χ4n) is 3.75. The van der Waals surface area contributed by atoms with Crippen molar-refractivity contribution < 1.29 is 0 Å². The van der Waals surface area contributed by atoms with Crippen LogP contribution in [0.2, 0.25) is 5.02 Å². The van der Waals surface area contributed by atoms with E-state index < -0.39 is 0 Å². The minimum Gasteiger partial charge on any atom is -0.370 e. The molecular weight excluding hydrogens is 342 g/mol. The zero-order valence-corrected chi connectivity index (χ0v) is 16.1. The summed E-state index contributed by atoms with van der Waals surface area (Å²) in [6.07, 6.45) is 4.20. The first-order valence-corrected chi connectivity index (χ1v) is 9.67. The maximum Gasteiger partial charge on any atom is 0.133 e. The lowest BCUT2D eigenvalue weighted by atomic mass is 10.0. The standard InChI is InChI=1S/C22H24ClN3/c1-15-10-11-21(16(2)13-15)26-22-18(8-5-6-12-24-22)20(25-26)14-17-7-3-4-9-19(17)23/h3-4,7,9-11,13,24H,5-6,8,12,14H2,1-2H3. The smallest absolute Gasteiger partial charge is 0.133 e. The van der Waals surface area contributed by atoms with Gasteiger partial charge in [-0.2, -0.15) is 5.10 Å². The summed E-state index contributed by atoms with van der Waals surface area (Å²) in [6.45, 7) is 5.28. The number of benzene rings is 2. The van der Waals surface area contributed by atoms with Crippen LogP contribution in [0.4, 0.5) is 5.82 Å². The molecule has 0 bridgehead atoms. The number of hydrogen-bond donors (Lipinski definition) is 1. The van der Waals surface area contributed by atoms with Crippen LogP contribution >= 0.6 is 11.6 Å². The van der Waals surface area contributed by atoms with E-state index in [0.717, 1.165) is 47.2 Å². The van der Waals surface area contributed by atoms with Crippen LogP contribution in [-0.2, 0) is 12.8 Å². The van der Waals surface area contributed by atoms with E-state index in [1.165, 1.54) is 29.5 Å². The number of anilines is 1. The predicted octanol–water partition coefficient (Wildman–Crippen LogP) is 5.48. The molecule has 0 amide bonds. The Bertz CT molecular complexity index is 943. The number of aryl methyl sites for hydroxylation is 2. The first kappa shape index (κ1) is 17.2. The third-order valence-electron chi connectivity index (χ3n) is 5.11. The highest BCUT2D eigenvalue weighted by Crippen LogP contribution is 2.31. The molecule has 4 heteroatoms. The van der Waals surface area contributed by atoms with Crippen molar-refractivity contribution >= 4 is 17.4 Å². The van der Waals surface area contributed by atoms with E-state index in [-0.39, 0.29) is 0 Å². The zero-order chi connectivity index (χ0) is 18.1. The van der Waals surface area contributed by atoms with Crippen LogP contribution in [0.5, 0.6) is 0 Å². The molecule has 0 fully saturated rings. The lowest BCUT2D eigenvalue weighted by Gasteiger charge is -2.12. The van der Waals surface area contributed by atoms with Gasteiger partial charge in [0, 0.05) is 23.6 Å². The molecule has 0 radical (unpaired) electrons. The normalized spacial score (nSPS) is 13.8. The second-order valence-corrected chi connectivity index (χ2v) is 7.53. The minimum atomic E-state index is 0.765. The van der Waals surface area contributed by atoms with Crippen molar-refractivity contribution in [1.29, 1.82) is 0 Å². The summed E-state index contributed by atoms with van der Waals surface area (Å²) in [7, 11) is 0. The third kappa shape index (κ3) is 3.24. The van der Waals surface area contributed by atoms with Gasteiger partial charge in [-0.15, -0.1) is 0 Å². The van der Waals surface area contributed by atoms with Gasteiger partial charge in [0.1, 0.15) is 5.82 Å². The van der Waals surface area contributed by atoms with Gasteiger partial charge >= 0.3 is 0 Å². The highest BCUT2D eigenvalue weighted by atomic mass is 35.5. The van der Waals surface area contributed by atoms with Gasteiger partial charge in [0.25, 0.3) is 0 Å². The van der Waals surface area contributed by atoms with E-state index in [1.54, 1.807) is 0 Å². The Morgan fingerprint density at radius 3 is 2.77 bits per heavy atom. The molecule has 0 atom stereocenters. The topological polar surface area (TPSA) is 29.9 Å². The first-order chi connectivity index (χ1) is 12.6. The van der Waals surface area contributed by atoms with Crippen molar-refractivity contribution in [3.63, 3.8) is 0 Å². The number of fused-ring (bicyclic) bond motifs is 1. The number of rotatable bonds is 3. The Balaban J connectivity index is 1.83. The van der Waals surface area contributed by atoms with Crippen LogP contribution in [0, 0.1) is 13.8 Å². The molecule has 26 heavy (non-hydrogen) atoms. The fourth-order valence-corrected chi connectivity index (χ4v) is 3.96. The van der Waals surface area contributed by atoms with Crippen molar-refractivity contribution in [1.82, 2.24) is 9.78 Å². The minimum absolute atomic E-state index is 0.765. The molecule has 134 valence electrons. The molecule has 0 saturated carbocycles. The average molecular weight is 366 g/mol. The molecular formula is C22H24ClN3. The SMILES string of the molecule is Cc1ccc(-n2nc(Cc3ccccc3Cl)c3c2NCCCC3)c(C)c1. The number of halogens is 1. The Morgan fingerprint density at radius 2 is 1.96 bits per heavy atom. The van der Waals surface area contributed by atoms with E-state index in [0.29, 0.717) is 0 Å². The molecule has 1 aromatic heterocycles. The van der Waals surface area contributed by atoms with Gasteiger partial charge in [0.05, 0.1) is 11.4 Å².